The molecule has 0 bridgehead atoms. The van der Waals surface area contributed by atoms with Gasteiger partial charge >= 0.3 is 0 Å². The first-order valence-electron chi connectivity index (χ1n) is 6.40. The van der Waals surface area contributed by atoms with E-state index in [1.165, 1.54) is 44.5 Å². The maximum atomic E-state index is 5.76. The zero-order valence-corrected chi connectivity index (χ0v) is 10.6. The van der Waals surface area contributed by atoms with E-state index in [0.29, 0.717) is 0 Å². The van der Waals surface area contributed by atoms with Crippen LogP contribution in [0, 0.1) is 5.92 Å². The SMILES string of the molecule is CCSC1CCCC1N1CCC(CN)C1. The van der Waals surface area contributed by atoms with Crippen LogP contribution in [0.1, 0.15) is 32.6 Å². The Bertz CT molecular complexity index is 198. The molecule has 3 unspecified atom stereocenters. The van der Waals surface area contributed by atoms with Crippen LogP contribution in [0.2, 0.25) is 0 Å². The molecule has 2 N–H and O–H groups in total. The van der Waals surface area contributed by atoms with E-state index >= 15 is 0 Å². The summed E-state index contributed by atoms with van der Waals surface area (Å²) in [4.78, 5) is 2.72. The van der Waals surface area contributed by atoms with Gasteiger partial charge in [-0.1, -0.05) is 13.3 Å². The summed E-state index contributed by atoms with van der Waals surface area (Å²) >= 11 is 2.17. The first-order chi connectivity index (χ1) is 7.35. The summed E-state index contributed by atoms with van der Waals surface area (Å²) in [7, 11) is 0. The molecule has 15 heavy (non-hydrogen) atoms. The zero-order chi connectivity index (χ0) is 10.7. The van der Waals surface area contributed by atoms with Crippen molar-refractivity contribution in [2.24, 2.45) is 11.7 Å². The largest absolute Gasteiger partial charge is 0.330 e. The Hall–Kier alpha value is 0.270. The lowest BCUT2D eigenvalue weighted by atomic mass is 10.1. The second kappa shape index (κ2) is 5.55. The summed E-state index contributed by atoms with van der Waals surface area (Å²) in [6.07, 6.45) is 5.63. The molecule has 0 aromatic rings. The van der Waals surface area contributed by atoms with Gasteiger partial charge in [-0.2, -0.15) is 11.8 Å². The van der Waals surface area contributed by atoms with Crippen molar-refractivity contribution in [2.45, 2.75) is 43.9 Å². The first kappa shape index (κ1) is 11.7. The van der Waals surface area contributed by atoms with Gasteiger partial charge in [0.1, 0.15) is 0 Å². The topological polar surface area (TPSA) is 29.3 Å². The minimum Gasteiger partial charge on any atom is -0.330 e. The number of rotatable bonds is 4. The van der Waals surface area contributed by atoms with Crippen LogP contribution in [0.3, 0.4) is 0 Å². The molecule has 0 radical (unpaired) electrons. The van der Waals surface area contributed by atoms with E-state index in [4.69, 9.17) is 5.73 Å². The lowest BCUT2D eigenvalue weighted by Crippen LogP contribution is -2.38. The van der Waals surface area contributed by atoms with Gasteiger partial charge in [0.25, 0.3) is 0 Å². The monoisotopic (exact) mass is 228 g/mol. The molecule has 1 saturated carbocycles. The Balaban J connectivity index is 1.87. The molecule has 0 aromatic carbocycles. The van der Waals surface area contributed by atoms with E-state index in [0.717, 1.165) is 23.8 Å². The van der Waals surface area contributed by atoms with Crippen LogP contribution >= 0.6 is 11.8 Å². The number of likely N-dealkylation sites (tertiary alicyclic amines) is 1. The van der Waals surface area contributed by atoms with Crippen molar-refractivity contribution >= 4 is 11.8 Å². The molecule has 0 amide bonds. The van der Waals surface area contributed by atoms with E-state index in [1.807, 2.05) is 0 Å². The van der Waals surface area contributed by atoms with Crippen molar-refractivity contribution in [2.75, 3.05) is 25.4 Å². The molecule has 0 aromatic heterocycles. The van der Waals surface area contributed by atoms with Crippen molar-refractivity contribution in [1.29, 1.82) is 0 Å². The number of thioether (sulfide) groups is 1. The molecule has 2 nitrogen and oxygen atoms in total. The Kier molecular flexibility index (Phi) is 4.35. The summed E-state index contributed by atoms with van der Waals surface area (Å²) in [5.74, 6) is 2.05. The molecule has 1 saturated heterocycles. The Labute approximate surface area is 98.0 Å². The van der Waals surface area contributed by atoms with E-state index in [2.05, 4.69) is 23.6 Å². The van der Waals surface area contributed by atoms with Crippen molar-refractivity contribution in [1.82, 2.24) is 4.90 Å². The van der Waals surface area contributed by atoms with Crippen molar-refractivity contribution in [3.8, 4) is 0 Å². The highest BCUT2D eigenvalue weighted by molar-refractivity contribution is 7.99. The number of hydrogen-bond donors (Lipinski definition) is 1. The van der Waals surface area contributed by atoms with Gasteiger partial charge in [0.2, 0.25) is 0 Å². The predicted molar refractivity (Wildman–Crippen MR) is 68.3 cm³/mol. The van der Waals surface area contributed by atoms with Crippen LogP contribution in [-0.4, -0.2) is 41.6 Å². The van der Waals surface area contributed by atoms with Gasteiger partial charge in [-0.25, -0.2) is 0 Å². The average Bonchev–Trinajstić information content (AvgIpc) is 2.85. The van der Waals surface area contributed by atoms with Crippen LogP contribution < -0.4 is 5.73 Å². The fourth-order valence-corrected chi connectivity index (χ4v) is 4.38. The standard InChI is InChI=1S/C12H24N2S/c1-2-15-12-5-3-4-11(12)14-7-6-10(8-13)9-14/h10-12H,2-9,13H2,1H3. The second-order valence-electron chi connectivity index (χ2n) is 4.88. The van der Waals surface area contributed by atoms with Gasteiger partial charge in [0.15, 0.2) is 0 Å². The molecule has 2 fully saturated rings. The van der Waals surface area contributed by atoms with Gasteiger partial charge in [-0.3, -0.25) is 4.90 Å². The third-order valence-corrected chi connectivity index (χ3v) is 5.23. The molecular weight excluding hydrogens is 204 g/mol. The van der Waals surface area contributed by atoms with Crippen molar-refractivity contribution in [3.63, 3.8) is 0 Å². The van der Waals surface area contributed by atoms with Crippen LogP contribution in [-0.2, 0) is 0 Å². The third-order valence-electron chi connectivity index (χ3n) is 3.92. The third kappa shape index (κ3) is 2.69. The highest BCUT2D eigenvalue weighted by Gasteiger charge is 2.35. The fourth-order valence-electron chi connectivity index (χ4n) is 3.09. The van der Waals surface area contributed by atoms with Gasteiger partial charge in [-0.15, -0.1) is 0 Å². The number of nitrogens with zero attached hydrogens (tertiary/aromatic N) is 1. The number of nitrogens with two attached hydrogens (primary N) is 1. The molecular formula is C12H24N2S. The van der Waals surface area contributed by atoms with E-state index < -0.39 is 0 Å². The van der Waals surface area contributed by atoms with Crippen LogP contribution in [0.4, 0.5) is 0 Å². The maximum absolute atomic E-state index is 5.76. The molecule has 1 heterocycles. The van der Waals surface area contributed by atoms with Crippen LogP contribution in [0.5, 0.6) is 0 Å². The van der Waals surface area contributed by atoms with Crippen molar-refractivity contribution in [3.05, 3.63) is 0 Å². The second-order valence-corrected chi connectivity index (χ2v) is 6.39. The molecule has 1 aliphatic carbocycles. The Morgan fingerprint density at radius 3 is 2.87 bits per heavy atom. The normalized spacial score (nSPS) is 37.6. The molecule has 3 heteroatoms. The predicted octanol–water partition coefficient (Wildman–Crippen LogP) is 1.94. The summed E-state index contributed by atoms with van der Waals surface area (Å²) in [5, 5.41) is 0.909. The minimum absolute atomic E-state index is 0.776. The fraction of sp³-hybridized carbons (Fsp3) is 1.00. The zero-order valence-electron chi connectivity index (χ0n) is 9.82. The smallest absolute Gasteiger partial charge is 0.0214 e. The first-order valence-corrected chi connectivity index (χ1v) is 7.45. The summed E-state index contributed by atoms with van der Waals surface area (Å²) < 4.78 is 0. The van der Waals surface area contributed by atoms with Gasteiger partial charge < -0.3 is 5.73 Å². The average molecular weight is 228 g/mol. The molecule has 2 aliphatic rings. The lowest BCUT2D eigenvalue weighted by Gasteiger charge is -2.29. The van der Waals surface area contributed by atoms with E-state index in [9.17, 15) is 0 Å². The lowest BCUT2D eigenvalue weighted by molar-refractivity contribution is 0.242. The van der Waals surface area contributed by atoms with Crippen LogP contribution in [0.15, 0.2) is 0 Å². The molecule has 3 atom stereocenters. The quantitative estimate of drug-likeness (QED) is 0.797. The molecule has 0 spiro atoms. The maximum Gasteiger partial charge on any atom is 0.0214 e. The van der Waals surface area contributed by atoms with Crippen LogP contribution in [0.25, 0.3) is 0 Å². The summed E-state index contributed by atoms with van der Waals surface area (Å²) in [6.45, 7) is 5.73. The summed E-state index contributed by atoms with van der Waals surface area (Å²) in [5.41, 5.74) is 5.76. The highest BCUT2D eigenvalue weighted by Crippen LogP contribution is 2.35. The van der Waals surface area contributed by atoms with E-state index in [-0.39, 0.29) is 0 Å². The summed E-state index contributed by atoms with van der Waals surface area (Å²) in [6, 6.07) is 0.867. The molecule has 1 aliphatic heterocycles. The highest BCUT2D eigenvalue weighted by atomic mass is 32.2. The number of hydrogen-bond acceptors (Lipinski definition) is 3. The van der Waals surface area contributed by atoms with Gasteiger partial charge in [0, 0.05) is 17.8 Å². The molecule has 2 rings (SSSR count). The minimum atomic E-state index is 0.776. The van der Waals surface area contributed by atoms with E-state index in [1.54, 1.807) is 0 Å². The molecule has 88 valence electrons. The van der Waals surface area contributed by atoms with Gasteiger partial charge in [0.05, 0.1) is 0 Å². The Morgan fingerprint density at radius 2 is 2.20 bits per heavy atom. The van der Waals surface area contributed by atoms with Gasteiger partial charge in [-0.05, 0) is 44.0 Å². The Morgan fingerprint density at radius 1 is 1.33 bits per heavy atom. The van der Waals surface area contributed by atoms with Crippen molar-refractivity contribution < 1.29 is 0 Å².